The van der Waals surface area contributed by atoms with E-state index < -0.39 is 15.6 Å². The summed E-state index contributed by atoms with van der Waals surface area (Å²) in [6.07, 6.45) is 1.45. The van der Waals surface area contributed by atoms with Crippen molar-refractivity contribution < 1.29 is 8.42 Å². The minimum Gasteiger partial charge on any atom is -0.383 e. The van der Waals surface area contributed by atoms with Crippen molar-refractivity contribution in [3.05, 3.63) is 18.3 Å². The lowest BCUT2D eigenvalue weighted by atomic mass is 10.1. The lowest BCUT2D eigenvalue weighted by Gasteiger charge is -2.20. The molecule has 0 radical (unpaired) electrons. The van der Waals surface area contributed by atoms with E-state index in [1.165, 1.54) is 18.3 Å². The normalized spacial score (nSPS) is 12.7. The Morgan fingerprint density at radius 2 is 2.00 bits per heavy atom. The van der Waals surface area contributed by atoms with Gasteiger partial charge in [-0.2, -0.15) is 0 Å². The molecule has 84 valence electrons. The SMILES string of the molecule is CC(C)(C)NS(=O)(=O)c1cccnc1N. The molecule has 0 saturated heterocycles. The minimum absolute atomic E-state index is 0.00856. The van der Waals surface area contributed by atoms with Gasteiger partial charge in [0.15, 0.2) is 0 Å². The van der Waals surface area contributed by atoms with E-state index in [9.17, 15) is 8.42 Å². The van der Waals surface area contributed by atoms with Crippen molar-refractivity contribution in [2.45, 2.75) is 31.2 Å². The molecular formula is C9H15N3O2S. The molecule has 1 aromatic heterocycles. The molecule has 0 aliphatic carbocycles. The number of hydrogen-bond donors (Lipinski definition) is 2. The molecule has 15 heavy (non-hydrogen) atoms. The molecule has 3 N–H and O–H groups in total. The fourth-order valence-electron chi connectivity index (χ4n) is 1.09. The van der Waals surface area contributed by atoms with Crippen LogP contribution in [0.1, 0.15) is 20.8 Å². The Labute approximate surface area is 89.8 Å². The van der Waals surface area contributed by atoms with Gasteiger partial charge in [-0.15, -0.1) is 0 Å². The minimum atomic E-state index is -3.59. The third kappa shape index (κ3) is 3.17. The number of nitrogens with zero attached hydrogens (tertiary/aromatic N) is 1. The van der Waals surface area contributed by atoms with Crippen LogP contribution in [0.4, 0.5) is 5.82 Å². The molecule has 0 aliphatic heterocycles. The number of rotatable bonds is 2. The third-order valence-corrected chi connectivity index (χ3v) is 3.34. The van der Waals surface area contributed by atoms with Crippen LogP contribution in [0.3, 0.4) is 0 Å². The number of nitrogen functional groups attached to an aromatic ring is 1. The van der Waals surface area contributed by atoms with Crippen molar-refractivity contribution >= 4 is 15.8 Å². The maximum atomic E-state index is 11.8. The number of hydrogen-bond acceptors (Lipinski definition) is 4. The average Bonchev–Trinajstić information content (AvgIpc) is 1.99. The first-order valence-electron chi connectivity index (χ1n) is 4.47. The molecule has 0 atom stereocenters. The van der Waals surface area contributed by atoms with Crippen molar-refractivity contribution in [2.75, 3.05) is 5.73 Å². The monoisotopic (exact) mass is 229 g/mol. The number of nitrogens with two attached hydrogens (primary N) is 1. The summed E-state index contributed by atoms with van der Waals surface area (Å²) in [7, 11) is -3.59. The molecule has 1 rings (SSSR count). The van der Waals surface area contributed by atoms with Gasteiger partial charge in [0, 0.05) is 11.7 Å². The lowest BCUT2D eigenvalue weighted by Crippen LogP contribution is -2.40. The van der Waals surface area contributed by atoms with Crippen LogP contribution in [0.2, 0.25) is 0 Å². The van der Waals surface area contributed by atoms with Crippen molar-refractivity contribution in [3.8, 4) is 0 Å². The summed E-state index contributed by atoms with van der Waals surface area (Å²) >= 11 is 0. The van der Waals surface area contributed by atoms with Crippen LogP contribution in [-0.4, -0.2) is 18.9 Å². The van der Waals surface area contributed by atoms with Gasteiger partial charge in [-0.3, -0.25) is 0 Å². The smallest absolute Gasteiger partial charge is 0.244 e. The Kier molecular flexibility index (Phi) is 3.01. The lowest BCUT2D eigenvalue weighted by molar-refractivity contribution is 0.491. The molecule has 0 spiro atoms. The van der Waals surface area contributed by atoms with Gasteiger partial charge in [0.05, 0.1) is 0 Å². The van der Waals surface area contributed by atoms with E-state index in [0.717, 1.165) is 0 Å². The highest BCUT2D eigenvalue weighted by molar-refractivity contribution is 7.89. The molecule has 0 bridgehead atoms. The van der Waals surface area contributed by atoms with Crippen LogP contribution in [0.15, 0.2) is 23.2 Å². The zero-order valence-electron chi connectivity index (χ0n) is 8.98. The maximum Gasteiger partial charge on any atom is 0.244 e. The molecule has 0 aromatic carbocycles. The average molecular weight is 229 g/mol. The molecule has 6 heteroatoms. The Morgan fingerprint density at radius 1 is 1.40 bits per heavy atom. The van der Waals surface area contributed by atoms with Crippen molar-refractivity contribution in [3.63, 3.8) is 0 Å². The van der Waals surface area contributed by atoms with Crippen LogP contribution in [-0.2, 0) is 10.0 Å². The highest BCUT2D eigenvalue weighted by Crippen LogP contribution is 2.16. The van der Waals surface area contributed by atoms with E-state index in [4.69, 9.17) is 5.73 Å². The second kappa shape index (κ2) is 3.79. The highest BCUT2D eigenvalue weighted by atomic mass is 32.2. The molecular weight excluding hydrogens is 214 g/mol. The summed E-state index contributed by atoms with van der Waals surface area (Å²) in [5.41, 5.74) is 4.95. The van der Waals surface area contributed by atoms with E-state index >= 15 is 0 Å². The van der Waals surface area contributed by atoms with Crippen molar-refractivity contribution in [1.82, 2.24) is 9.71 Å². The molecule has 1 heterocycles. The van der Waals surface area contributed by atoms with Gasteiger partial charge in [0.25, 0.3) is 0 Å². The van der Waals surface area contributed by atoms with Crippen LogP contribution < -0.4 is 10.5 Å². The van der Waals surface area contributed by atoms with Crippen molar-refractivity contribution in [2.24, 2.45) is 0 Å². The molecule has 0 amide bonds. The Bertz CT molecular complexity index is 449. The van der Waals surface area contributed by atoms with Crippen LogP contribution >= 0.6 is 0 Å². The zero-order chi connectivity index (χ0) is 11.7. The van der Waals surface area contributed by atoms with Gasteiger partial charge in [0.2, 0.25) is 10.0 Å². The molecule has 1 aromatic rings. The van der Waals surface area contributed by atoms with E-state index in [-0.39, 0.29) is 10.7 Å². The summed E-state index contributed by atoms with van der Waals surface area (Å²) in [6.45, 7) is 5.28. The topological polar surface area (TPSA) is 85.1 Å². The van der Waals surface area contributed by atoms with Gasteiger partial charge in [-0.05, 0) is 32.9 Å². The van der Waals surface area contributed by atoms with Gasteiger partial charge in [-0.1, -0.05) is 0 Å². The predicted molar refractivity (Wildman–Crippen MR) is 58.7 cm³/mol. The maximum absolute atomic E-state index is 11.8. The number of pyridine rings is 1. The quantitative estimate of drug-likeness (QED) is 0.783. The van der Waals surface area contributed by atoms with Gasteiger partial charge in [0.1, 0.15) is 10.7 Å². The standard InChI is InChI=1S/C9H15N3O2S/c1-9(2,3)12-15(13,14)7-5-4-6-11-8(7)10/h4-6,12H,1-3H3,(H2,10,11). The van der Waals surface area contributed by atoms with Gasteiger partial charge < -0.3 is 5.73 Å². The Morgan fingerprint density at radius 3 is 2.47 bits per heavy atom. The number of aromatic nitrogens is 1. The Hall–Kier alpha value is -1.14. The van der Waals surface area contributed by atoms with E-state index in [0.29, 0.717) is 0 Å². The second-order valence-electron chi connectivity index (χ2n) is 4.24. The summed E-state index contributed by atoms with van der Waals surface area (Å²) in [5.74, 6) is 0.00856. The first kappa shape index (κ1) is 11.9. The van der Waals surface area contributed by atoms with Crippen LogP contribution in [0, 0.1) is 0 Å². The van der Waals surface area contributed by atoms with E-state index in [1.807, 2.05) is 0 Å². The molecule has 0 fully saturated rings. The summed E-state index contributed by atoms with van der Waals surface area (Å²) in [4.78, 5) is 3.75. The van der Waals surface area contributed by atoms with Crippen LogP contribution in [0.5, 0.6) is 0 Å². The summed E-state index contributed by atoms with van der Waals surface area (Å²) in [6, 6.07) is 2.96. The van der Waals surface area contributed by atoms with Crippen LogP contribution in [0.25, 0.3) is 0 Å². The first-order chi connectivity index (χ1) is 6.72. The van der Waals surface area contributed by atoms with E-state index in [2.05, 4.69) is 9.71 Å². The Balaban J connectivity index is 3.13. The molecule has 0 saturated carbocycles. The highest BCUT2D eigenvalue weighted by Gasteiger charge is 2.23. The summed E-state index contributed by atoms with van der Waals surface area (Å²) in [5, 5.41) is 0. The van der Waals surface area contributed by atoms with Crippen molar-refractivity contribution in [1.29, 1.82) is 0 Å². The third-order valence-electron chi connectivity index (χ3n) is 1.53. The fourth-order valence-corrected chi connectivity index (χ4v) is 2.59. The fraction of sp³-hybridized carbons (Fsp3) is 0.444. The first-order valence-corrected chi connectivity index (χ1v) is 5.95. The van der Waals surface area contributed by atoms with Gasteiger partial charge in [-0.25, -0.2) is 18.1 Å². The zero-order valence-corrected chi connectivity index (χ0v) is 9.80. The molecule has 5 nitrogen and oxygen atoms in total. The second-order valence-corrected chi connectivity index (χ2v) is 5.89. The molecule has 0 unspecified atom stereocenters. The number of anilines is 1. The molecule has 0 aliphatic rings. The predicted octanol–water partition coefficient (Wildman–Crippen LogP) is 0.741. The number of sulfonamides is 1. The largest absolute Gasteiger partial charge is 0.383 e. The summed E-state index contributed by atoms with van der Waals surface area (Å²) < 4.78 is 26.2. The number of nitrogens with one attached hydrogen (secondary N) is 1. The van der Waals surface area contributed by atoms with Gasteiger partial charge >= 0.3 is 0 Å². The van der Waals surface area contributed by atoms with E-state index in [1.54, 1.807) is 20.8 Å².